The van der Waals surface area contributed by atoms with E-state index in [-0.39, 0.29) is 29.5 Å². The van der Waals surface area contributed by atoms with Crippen molar-refractivity contribution in [3.63, 3.8) is 0 Å². The summed E-state index contributed by atoms with van der Waals surface area (Å²) in [6.07, 6.45) is -2.76. The van der Waals surface area contributed by atoms with Crippen LogP contribution in [-0.2, 0) is 28.5 Å². The first-order valence-corrected chi connectivity index (χ1v) is 13.7. The molecule has 0 aromatic heterocycles. The van der Waals surface area contributed by atoms with Gasteiger partial charge in [0.2, 0.25) is 0 Å². The summed E-state index contributed by atoms with van der Waals surface area (Å²) in [5.74, 6) is -2.77. The van der Waals surface area contributed by atoms with Crippen LogP contribution in [0.25, 0.3) is 0 Å². The van der Waals surface area contributed by atoms with Gasteiger partial charge in [-0.15, -0.1) is 0 Å². The van der Waals surface area contributed by atoms with Crippen LogP contribution in [0.1, 0.15) is 43.9 Å². The molecule has 3 aromatic rings. The molecular formula is C33H32O10. The summed E-state index contributed by atoms with van der Waals surface area (Å²) in [4.78, 5) is 51.3. The number of aliphatic hydroxyl groups excluding tert-OH is 1. The zero-order valence-corrected chi connectivity index (χ0v) is 23.4. The largest absolute Gasteiger partial charge is 0.466 e. The molecule has 0 unspecified atom stereocenters. The van der Waals surface area contributed by atoms with Crippen LogP contribution >= 0.6 is 0 Å². The summed E-state index contributed by atoms with van der Waals surface area (Å²) in [5.41, 5.74) is 0.677. The van der Waals surface area contributed by atoms with Gasteiger partial charge < -0.3 is 28.8 Å². The first kappa shape index (κ1) is 31.1. The van der Waals surface area contributed by atoms with Gasteiger partial charge in [-0.25, -0.2) is 19.2 Å². The summed E-state index contributed by atoms with van der Waals surface area (Å²) < 4.78 is 28.4. The van der Waals surface area contributed by atoms with Crippen molar-refractivity contribution < 1.29 is 48.0 Å². The Balaban J connectivity index is 1.70. The molecule has 5 atom stereocenters. The second-order valence-corrected chi connectivity index (χ2v) is 9.61. The average Bonchev–Trinajstić information content (AvgIpc) is 3.05. The molecule has 0 bridgehead atoms. The Morgan fingerprint density at radius 2 is 1.09 bits per heavy atom. The maximum Gasteiger partial charge on any atom is 0.338 e. The van der Waals surface area contributed by atoms with E-state index in [2.05, 4.69) is 4.74 Å². The van der Waals surface area contributed by atoms with Crippen LogP contribution in [0.3, 0.4) is 0 Å². The highest BCUT2D eigenvalue weighted by atomic mass is 16.7. The number of methoxy groups -OCH3 is 1. The summed E-state index contributed by atoms with van der Waals surface area (Å²) in [7, 11) is 1.25. The van der Waals surface area contributed by atoms with Crippen molar-refractivity contribution in [1.29, 1.82) is 0 Å². The molecule has 0 spiro atoms. The second kappa shape index (κ2) is 15.4. The third-order valence-corrected chi connectivity index (χ3v) is 6.74. The number of hydrogen-bond acceptors (Lipinski definition) is 10. The molecule has 4 rings (SSSR count). The summed E-state index contributed by atoms with van der Waals surface area (Å²) in [5, 5.41) is 10.3. The lowest BCUT2D eigenvalue weighted by Gasteiger charge is -2.44. The third kappa shape index (κ3) is 8.37. The van der Waals surface area contributed by atoms with Crippen LogP contribution in [0, 0.1) is 0 Å². The number of rotatable bonds is 11. The number of esters is 4. The Labute approximate surface area is 248 Å². The Morgan fingerprint density at radius 1 is 0.674 bits per heavy atom. The highest BCUT2D eigenvalue weighted by Crippen LogP contribution is 2.32. The van der Waals surface area contributed by atoms with Crippen LogP contribution < -0.4 is 0 Å². The predicted molar refractivity (Wildman–Crippen MR) is 153 cm³/mol. The van der Waals surface area contributed by atoms with Crippen LogP contribution in [-0.4, -0.2) is 73.2 Å². The van der Waals surface area contributed by atoms with Crippen molar-refractivity contribution in [3.05, 3.63) is 120 Å². The molecule has 0 amide bonds. The van der Waals surface area contributed by atoms with Crippen molar-refractivity contribution in [3.8, 4) is 0 Å². The molecule has 1 saturated heterocycles. The number of hydrogen-bond donors (Lipinski definition) is 1. The Kier molecular flexibility index (Phi) is 11.2. The molecule has 3 aromatic carbocycles. The fraction of sp³-hybridized carbons (Fsp3) is 0.273. The first-order valence-electron chi connectivity index (χ1n) is 13.7. The molecule has 43 heavy (non-hydrogen) atoms. The van der Waals surface area contributed by atoms with E-state index in [1.54, 1.807) is 97.1 Å². The number of allylic oxidation sites excluding steroid dienone is 1. The van der Waals surface area contributed by atoms with Crippen molar-refractivity contribution >= 4 is 23.9 Å². The van der Waals surface area contributed by atoms with Crippen molar-refractivity contribution in [2.24, 2.45) is 0 Å². The van der Waals surface area contributed by atoms with E-state index in [9.17, 15) is 24.3 Å². The molecule has 10 heteroatoms. The van der Waals surface area contributed by atoms with Crippen molar-refractivity contribution in [1.82, 2.24) is 0 Å². The standard InChI is InChI=1S/C33H32O10/c1-39-27(35)20-12-11-19-25-28(41-31(36)22-13-5-2-6-14-22)30(43-33(38)24-17-9-4-10-18-24)29(26(21-34)40-25)42-32(37)23-15-7-3-8-16-23/h2-10,12-18,20,25-26,28-30,34H,11,19,21H2,1H3/b20-12+/t25-,26-,28-,29+,30-/m0/s1. The fourth-order valence-corrected chi connectivity index (χ4v) is 4.59. The van der Waals surface area contributed by atoms with Crippen molar-refractivity contribution in [2.75, 3.05) is 13.7 Å². The molecule has 1 aliphatic rings. The topological polar surface area (TPSA) is 135 Å². The Morgan fingerprint density at radius 3 is 1.51 bits per heavy atom. The molecule has 224 valence electrons. The van der Waals surface area contributed by atoms with Gasteiger partial charge in [0.25, 0.3) is 0 Å². The first-order chi connectivity index (χ1) is 20.9. The van der Waals surface area contributed by atoms with Crippen molar-refractivity contribution in [2.45, 2.75) is 43.4 Å². The molecule has 10 nitrogen and oxygen atoms in total. The summed E-state index contributed by atoms with van der Waals surface area (Å²) in [6.45, 7) is -0.597. The molecular weight excluding hydrogens is 556 g/mol. The SMILES string of the molecule is COC(=O)/C=C/CC[C@@H]1O[C@@H](CO)[C@@H](OC(=O)c2ccccc2)[C@@H](OC(=O)c2ccccc2)[C@H]1OC(=O)c1ccccc1. The van der Waals surface area contributed by atoms with Crippen LogP contribution in [0.4, 0.5) is 0 Å². The van der Waals surface area contributed by atoms with E-state index < -0.39 is 61.0 Å². The molecule has 1 fully saturated rings. The highest BCUT2D eigenvalue weighted by molar-refractivity contribution is 5.91. The van der Waals surface area contributed by atoms with Gasteiger partial charge in [0, 0.05) is 6.08 Å². The molecule has 1 heterocycles. The van der Waals surface area contributed by atoms with Gasteiger partial charge in [-0.05, 0) is 49.2 Å². The van der Waals surface area contributed by atoms with E-state index in [0.29, 0.717) is 0 Å². The molecule has 0 aliphatic carbocycles. The molecule has 1 aliphatic heterocycles. The quantitative estimate of drug-likeness (QED) is 0.199. The van der Waals surface area contributed by atoms with Gasteiger partial charge >= 0.3 is 23.9 Å². The molecule has 0 radical (unpaired) electrons. The monoisotopic (exact) mass is 588 g/mol. The van der Waals surface area contributed by atoms with E-state index >= 15 is 0 Å². The fourth-order valence-electron chi connectivity index (χ4n) is 4.59. The molecule has 0 saturated carbocycles. The van der Waals surface area contributed by atoms with Crippen LogP contribution in [0.2, 0.25) is 0 Å². The zero-order chi connectivity index (χ0) is 30.6. The number of benzene rings is 3. The number of aliphatic hydroxyl groups is 1. The minimum absolute atomic E-state index is 0.190. The Hall–Kier alpha value is -4.80. The van der Waals surface area contributed by atoms with Gasteiger partial charge in [-0.1, -0.05) is 60.7 Å². The predicted octanol–water partition coefficient (Wildman–Crippen LogP) is 3.93. The maximum atomic E-state index is 13.3. The Bertz CT molecular complexity index is 1390. The van der Waals surface area contributed by atoms with E-state index in [4.69, 9.17) is 18.9 Å². The second-order valence-electron chi connectivity index (χ2n) is 9.61. The highest BCUT2D eigenvalue weighted by Gasteiger charge is 2.52. The lowest BCUT2D eigenvalue weighted by atomic mass is 9.91. The summed E-state index contributed by atoms with van der Waals surface area (Å²) in [6, 6.07) is 24.5. The normalized spacial score (nSPS) is 21.5. The maximum absolute atomic E-state index is 13.3. The minimum atomic E-state index is -1.37. The lowest BCUT2D eigenvalue weighted by Crippen LogP contribution is -2.62. The van der Waals surface area contributed by atoms with Gasteiger partial charge in [0.1, 0.15) is 6.10 Å². The van der Waals surface area contributed by atoms with E-state index in [0.717, 1.165) is 0 Å². The van der Waals surface area contributed by atoms with E-state index in [1.807, 2.05) is 0 Å². The van der Waals surface area contributed by atoms with Gasteiger partial charge in [0.15, 0.2) is 18.3 Å². The van der Waals surface area contributed by atoms with Gasteiger partial charge in [0.05, 0.1) is 36.5 Å². The molecule has 1 N–H and O–H groups in total. The van der Waals surface area contributed by atoms with E-state index in [1.165, 1.54) is 13.2 Å². The lowest BCUT2D eigenvalue weighted by molar-refractivity contribution is -0.229. The van der Waals surface area contributed by atoms with Crippen LogP contribution in [0.15, 0.2) is 103 Å². The van der Waals surface area contributed by atoms with Crippen LogP contribution in [0.5, 0.6) is 0 Å². The smallest absolute Gasteiger partial charge is 0.338 e. The number of carbonyl (C=O) groups excluding carboxylic acids is 4. The average molecular weight is 589 g/mol. The zero-order valence-electron chi connectivity index (χ0n) is 23.4. The third-order valence-electron chi connectivity index (χ3n) is 6.74. The summed E-state index contributed by atoms with van der Waals surface area (Å²) >= 11 is 0. The number of ether oxygens (including phenoxy) is 5. The minimum Gasteiger partial charge on any atom is -0.466 e. The van der Waals surface area contributed by atoms with Gasteiger partial charge in [-0.3, -0.25) is 0 Å². The number of carbonyl (C=O) groups is 4. The van der Waals surface area contributed by atoms with Gasteiger partial charge in [-0.2, -0.15) is 0 Å².